The summed E-state index contributed by atoms with van der Waals surface area (Å²) in [7, 11) is 0. The average Bonchev–Trinajstić information content (AvgIpc) is 2.33. The second-order valence-corrected chi connectivity index (χ2v) is 4.79. The van der Waals surface area contributed by atoms with Gasteiger partial charge in [0.15, 0.2) is 0 Å². The molecule has 1 aromatic rings. The first-order valence-electron chi connectivity index (χ1n) is 6.21. The molecule has 1 fully saturated rings. The van der Waals surface area contributed by atoms with Crippen LogP contribution in [0.2, 0.25) is 0 Å². The predicted octanol–water partition coefficient (Wildman–Crippen LogP) is 1.98. The van der Waals surface area contributed by atoms with E-state index < -0.39 is 5.97 Å². The van der Waals surface area contributed by atoms with Gasteiger partial charge in [-0.05, 0) is 37.1 Å². The van der Waals surface area contributed by atoms with Crippen molar-refractivity contribution < 1.29 is 14.6 Å². The maximum Gasteiger partial charge on any atom is 0.305 e. The zero-order valence-corrected chi connectivity index (χ0v) is 10.8. The summed E-state index contributed by atoms with van der Waals surface area (Å²) in [5, 5.41) is 8.95. The fourth-order valence-electron chi connectivity index (χ4n) is 2.27. The van der Waals surface area contributed by atoms with E-state index in [9.17, 15) is 4.79 Å². The molecule has 4 nitrogen and oxygen atoms in total. The van der Waals surface area contributed by atoms with Gasteiger partial charge in [0.25, 0.3) is 0 Å². The zero-order chi connectivity index (χ0) is 13.1. The van der Waals surface area contributed by atoms with Crippen LogP contribution >= 0.6 is 0 Å². The number of nitrogens with zero attached hydrogens (tertiary/aromatic N) is 1. The van der Waals surface area contributed by atoms with Crippen molar-refractivity contribution >= 4 is 11.7 Å². The van der Waals surface area contributed by atoms with Gasteiger partial charge >= 0.3 is 5.97 Å². The molecule has 1 aromatic carbocycles. The van der Waals surface area contributed by atoms with E-state index >= 15 is 0 Å². The summed E-state index contributed by atoms with van der Waals surface area (Å²) in [6.45, 7) is 6.04. The van der Waals surface area contributed by atoms with Crippen LogP contribution in [0.4, 0.5) is 5.69 Å². The molecule has 1 saturated heterocycles. The standard InChI is InChI=1S/C14H19NO3/c1-10-3-4-12(7-11(10)2)15-5-6-18-9-13(15)8-14(16)17/h3-4,7,13H,5-6,8-9H2,1-2H3,(H,16,17). The molecular formula is C14H19NO3. The van der Waals surface area contributed by atoms with Gasteiger partial charge in [-0.3, -0.25) is 4.79 Å². The Morgan fingerprint density at radius 2 is 2.22 bits per heavy atom. The van der Waals surface area contributed by atoms with Gasteiger partial charge in [0.2, 0.25) is 0 Å². The summed E-state index contributed by atoms with van der Waals surface area (Å²) >= 11 is 0. The van der Waals surface area contributed by atoms with Crippen LogP contribution in [0.5, 0.6) is 0 Å². The SMILES string of the molecule is Cc1ccc(N2CCOCC2CC(=O)O)cc1C. The van der Waals surface area contributed by atoms with Crippen molar-refractivity contribution in [3.8, 4) is 0 Å². The van der Waals surface area contributed by atoms with Gasteiger partial charge in [-0.15, -0.1) is 0 Å². The molecule has 4 heteroatoms. The van der Waals surface area contributed by atoms with Gasteiger partial charge in [-0.1, -0.05) is 6.07 Å². The topological polar surface area (TPSA) is 49.8 Å². The first-order chi connectivity index (χ1) is 8.58. The molecule has 0 bridgehead atoms. The number of carboxylic acid groups (broad SMARTS) is 1. The van der Waals surface area contributed by atoms with Crippen LogP contribution in [0.3, 0.4) is 0 Å². The molecule has 18 heavy (non-hydrogen) atoms. The van der Waals surface area contributed by atoms with Crippen LogP contribution in [0.25, 0.3) is 0 Å². The largest absolute Gasteiger partial charge is 0.481 e. The molecule has 1 unspecified atom stereocenters. The van der Waals surface area contributed by atoms with Gasteiger partial charge in [0.05, 0.1) is 25.7 Å². The van der Waals surface area contributed by atoms with Gasteiger partial charge < -0.3 is 14.7 Å². The monoisotopic (exact) mass is 249 g/mol. The summed E-state index contributed by atoms with van der Waals surface area (Å²) in [6, 6.07) is 6.19. The molecule has 1 aliphatic heterocycles. The number of rotatable bonds is 3. The Balaban J connectivity index is 2.22. The first kappa shape index (κ1) is 12.9. The van der Waals surface area contributed by atoms with Crippen molar-refractivity contribution in [2.24, 2.45) is 0 Å². The maximum absolute atomic E-state index is 10.9. The average molecular weight is 249 g/mol. The van der Waals surface area contributed by atoms with E-state index in [1.165, 1.54) is 11.1 Å². The lowest BCUT2D eigenvalue weighted by molar-refractivity contribution is -0.138. The number of anilines is 1. The highest BCUT2D eigenvalue weighted by Crippen LogP contribution is 2.23. The lowest BCUT2D eigenvalue weighted by Crippen LogP contribution is -2.46. The molecule has 0 aromatic heterocycles. The van der Waals surface area contributed by atoms with E-state index in [1.807, 2.05) is 0 Å². The van der Waals surface area contributed by atoms with Crippen LogP contribution in [-0.4, -0.2) is 36.9 Å². The molecule has 1 aliphatic rings. The maximum atomic E-state index is 10.9. The Morgan fingerprint density at radius 3 is 2.89 bits per heavy atom. The van der Waals surface area contributed by atoms with E-state index in [4.69, 9.17) is 9.84 Å². The third-order valence-electron chi connectivity index (χ3n) is 3.46. The van der Waals surface area contributed by atoms with Crippen LogP contribution in [0, 0.1) is 13.8 Å². The highest BCUT2D eigenvalue weighted by Gasteiger charge is 2.25. The summed E-state index contributed by atoms with van der Waals surface area (Å²) in [5.41, 5.74) is 3.57. The Kier molecular flexibility index (Phi) is 3.87. The number of benzene rings is 1. The predicted molar refractivity (Wildman–Crippen MR) is 70.1 cm³/mol. The molecule has 0 radical (unpaired) electrons. The first-order valence-corrected chi connectivity index (χ1v) is 6.21. The van der Waals surface area contributed by atoms with Gasteiger partial charge in [0, 0.05) is 12.2 Å². The summed E-state index contributed by atoms with van der Waals surface area (Å²) in [5.74, 6) is -0.778. The molecular weight excluding hydrogens is 230 g/mol. The molecule has 2 rings (SSSR count). The molecule has 0 spiro atoms. The van der Waals surface area contributed by atoms with Crippen LogP contribution < -0.4 is 4.90 Å². The number of carbonyl (C=O) groups is 1. The van der Waals surface area contributed by atoms with Crippen LogP contribution in [0.1, 0.15) is 17.5 Å². The van der Waals surface area contributed by atoms with E-state index in [-0.39, 0.29) is 12.5 Å². The number of carboxylic acids is 1. The number of morpholine rings is 1. The Morgan fingerprint density at radius 1 is 1.44 bits per heavy atom. The summed E-state index contributed by atoms with van der Waals surface area (Å²) < 4.78 is 5.38. The minimum absolute atomic E-state index is 0.0710. The molecule has 98 valence electrons. The smallest absolute Gasteiger partial charge is 0.305 e. The highest BCUT2D eigenvalue weighted by atomic mass is 16.5. The van der Waals surface area contributed by atoms with Crippen molar-refractivity contribution in [3.05, 3.63) is 29.3 Å². The molecule has 0 aliphatic carbocycles. The van der Waals surface area contributed by atoms with Crippen molar-refractivity contribution in [3.63, 3.8) is 0 Å². The summed E-state index contributed by atoms with van der Waals surface area (Å²) in [6.07, 6.45) is 0.118. The van der Waals surface area contributed by atoms with Gasteiger partial charge in [-0.25, -0.2) is 0 Å². The number of ether oxygens (including phenoxy) is 1. The van der Waals surface area contributed by atoms with Crippen molar-refractivity contribution in [1.82, 2.24) is 0 Å². The van der Waals surface area contributed by atoms with E-state index in [1.54, 1.807) is 0 Å². The van der Waals surface area contributed by atoms with E-state index in [0.717, 1.165) is 12.2 Å². The number of aliphatic carboxylic acids is 1. The molecule has 1 N–H and O–H groups in total. The second kappa shape index (κ2) is 5.40. The fraction of sp³-hybridized carbons (Fsp3) is 0.500. The second-order valence-electron chi connectivity index (χ2n) is 4.79. The van der Waals surface area contributed by atoms with E-state index in [2.05, 4.69) is 36.9 Å². The third kappa shape index (κ3) is 2.82. The normalized spacial score (nSPS) is 19.9. The highest BCUT2D eigenvalue weighted by molar-refractivity contribution is 5.68. The van der Waals surface area contributed by atoms with Gasteiger partial charge in [0.1, 0.15) is 0 Å². The third-order valence-corrected chi connectivity index (χ3v) is 3.46. The Hall–Kier alpha value is -1.55. The van der Waals surface area contributed by atoms with Crippen molar-refractivity contribution in [1.29, 1.82) is 0 Å². The molecule has 0 amide bonds. The fourth-order valence-corrected chi connectivity index (χ4v) is 2.27. The molecule has 1 heterocycles. The van der Waals surface area contributed by atoms with E-state index in [0.29, 0.717) is 13.2 Å². The lowest BCUT2D eigenvalue weighted by Gasteiger charge is -2.37. The zero-order valence-electron chi connectivity index (χ0n) is 10.8. The molecule has 0 saturated carbocycles. The number of hydrogen-bond donors (Lipinski definition) is 1. The van der Waals surface area contributed by atoms with Crippen molar-refractivity contribution in [2.45, 2.75) is 26.3 Å². The minimum Gasteiger partial charge on any atom is -0.481 e. The van der Waals surface area contributed by atoms with Crippen LogP contribution in [0.15, 0.2) is 18.2 Å². The van der Waals surface area contributed by atoms with Crippen molar-refractivity contribution in [2.75, 3.05) is 24.7 Å². The van der Waals surface area contributed by atoms with Crippen LogP contribution in [-0.2, 0) is 9.53 Å². The lowest BCUT2D eigenvalue weighted by atomic mass is 10.1. The Labute approximate surface area is 107 Å². The Bertz CT molecular complexity index is 445. The minimum atomic E-state index is -0.778. The number of hydrogen-bond acceptors (Lipinski definition) is 3. The number of aryl methyl sites for hydroxylation is 2. The van der Waals surface area contributed by atoms with Gasteiger partial charge in [-0.2, -0.15) is 0 Å². The summed E-state index contributed by atoms with van der Waals surface area (Å²) in [4.78, 5) is 13.0. The molecule has 1 atom stereocenters. The quantitative estimate of drug-likeness (QED) is 0.890.